The Morgan fingerprint density at radius 2 is 2.20 bits per heavy atom. The number of nitrogens with zero attached hydrogens (tertiary/aromatic N) is 3. The average molecular weight is 299 g/mol. The summed E-state index contributed by atoms with van der Waals surface area (Å²) >= 11 is 6.43. The highest BCUT2D eigenvalue weighted by Crippen LogP contribution is 2.42. The lowest BCUT2D eigenvalue weighted by Crippen LogP contribution is -2.30. The first-order valence-corrected chi connectivity index (χ1v) is 7.96. The lowest BCUT2D eigenvalue weighted by molar-refractivity contribution is 0.241. The molecule has 0 bridgehead atoms. The smallest absolute Gasteiger partial charge is 0.0820 e. The molecule has 1 aliphatic rings. The van der Waals surface area contributed by atoms with Crippen LogP contribution in [-0.2, 0) is 6.54 Å². The monoisotopic (exact) mass is 298 g/mol. The molecule has 2 rings (SSSR count). The van der Waals surface area contributed by atoms with E-state index >= 15 is 0 Å². The fourth-order valence-electron chi connectivity index (χ4n) is 3.27. The highest BCUT2D eigenvalue weighted by atomic mass is 35.5. The Morgan fingerprint density at radius 1 is 1.45 bits per heavy atom. The molecule has 4 nitrogen and oxygen atoms in total. The number of nitrogens with two attached hydrogens (primary N) is 1. The molecule has 0 aliphatic heterocycles. The number of likely N-dealkylation sites (N-methyl/N-ethyl adjacent to an activating group) is 1. The van der Waals surface area contributed by atoms with Gasteiger partial charge in [0.25, 0.3) is 0 Å². The first-order chi connectivity index (χ1) is 9.52. The number of hydrogen-bond donors (Lipinski definition) is 1. The largest absolute Gasteiger partial charge is 0.330 e. The van der Waals surface area contributed by atoms with Crippen LogP contribution in [0.2, 0.25) is 5.02 Å². The molecular formula is C15H27ClN4. The summed E-state index contributed by atoms with van der Waals surface area (Å²) in [6.07, 6.45) is 5.45. The van der Waals surface area contributed by atoms with Gasteiger partial charge in [-0.05, 0) is 45.3 Å². The molecular weight excluding hydrogens is 272 g/mol. The van der Waals surface area contributed by atoms with Gasteiger partial charge in [-0.1, -0.05) is 24.9 Å². The second-order valence-electron chi connectivity index (χ2n) is 6.42. The van der Waals surface area contributed by atoms with Crippen LogP contribution >= 0.6 is 11.6 Å². The van der Waals surface area contributed by atoms with Gasteiger partial charge in [-0.3, -0.25) is 4.68 Å². The van der Waals surface area contributed by atoms with Crippen LogP contribution < -0.4 is 5.73 Å². The van der Waals surface area contributed by atoms with Crippen molar-refractivity contribution in [3.05, 3.63) is 16.9 Å². The van der Waals surface area contributed by atoms with Gasteiger partial charge in [0.1, 0.15) is 0 Å². The lowest BCUT2D eigenvalue weighted by Gasteiger charge is -2.35. The Kier molecular flexibility index (Phi) is 5.47. The Bertz CT molecular complexity index is 430. The molecule has 0 spiro atoms. The van der Waals surface area contributed by atoms with E-state index in [4.69, 9.17) is 17.3 Å². The standard InChI is InChI=1S/C15H27ClN4/c1-11-4-5-12(9-17)13(8-11)15-14(16)10-18-20(15)7-6-19(2)3/h10-13H,4-9,17H2,1-3H3. The van der Waals surface area contributed by atoms with Gasteiger partial charge in [-0.25, -0.2) is 0 Å². The molecule has 2 N–H and O–H groups in total. The van der Waals surface area contributed by atoms with Crippen molar-refractivity contribution >= 4 is 11.6 Å². The Balaban J connectivity index is 2.22. The predicted molar refractivity (Wildman–Crippen MR) is 84.1 cm³/mol. The van der Waals surface area contributed by atoms with Crippen LogP contribution in [0.3, 0.4) is 0 Å². The molecule has 114 valence electrons. The van der Waals surface area contributed by atoms with Crippen LogP contribution in [0.15, 0.2) is 6.20 Å². The third kappa shape index (κ3) is 3.54. The molecule has 1 heterocycles. The molecule has 0 aromatic carbocycles. The number of rotatable bonds is 5. The van der Waals surface area contributed by atoms with Crippen LogP contribution in [0.4, 0.5) is 0 Å². The maximum Gasteiger partial charge on any atom is 0.0820 e. The molecule has 0 radical (unpaired) electrons. The molecule has 1 aromatic rings. The molecule has 1 saturated carbocycles. The predicted octanol–water partition coefficient (Wildman–Crippen LogP) is 2.58. The first kappa shape index (κ1) is 15.8. The van der Waals surface area contributed by atoms with Crippen molar-refractivity contribution in [1.82, 2.24) is 14.7 Å². The topological polar surface area (TPSA) is 47.1 Å². The Hall–Kier alpha value is -0.580. The summed E-state index contributed by atoms with van der Waals surface area (Å²) < 4.78 is 2.09. The maximum atomic E-state index is 6.43. The zero-order valence-electron chi connectivity index (χ0n) is 12.8. The summed E-state index contributed by atoms with van der Waals surface area (Å²) in [7, 11) is 4.16. The minimum Gasteiger partial charge on any atom is -0.330 e. The molecule has 1 aromatic heterocycles. The summed E-state index contributed by atoms with van der Waals surface area (Å²) in [4.78, 5) is 2.17. The fourth-order valence-corrected chi connectivity index (χ4v) is 3.56. The quantitative estimate of drug-likeness (QED) is 0.909. The third-order valence-corrected chi connectivity index (χ3v) is 4.79. The van der Waals surface area contributed by atoms with Crippen molar-refractivity contribution in [1.29, 1.82) is 0 Å². The van der Waals surface area contributed by atoms with Gasteiger partial charge in [0.15, 0.2) is 0 Å². The van der Waals surface area contributed by atoms with Crippen molar-refractivity contribution in [2.75, 3.05) is 27.2 Å². The molecule has 1 aliphatic carbocycles. The van der Waals surface area contributed by atoms with Crippen molar-refractivity contribution < 1.29 is 0 Å². The molecule has 0 amide bonds. The second kappa shape index (κ2) is 6.92. The van der Waals surface area contributed by atoms with Gasteiger partial charge in [0.05, 0.1) is 23.5 Å². The molecule has 5 heteroatoms. The third-order valence-electron chi connectivity index (χ3n) is 4.50. The molecule has 3 unspecified atom stereocenters. The zero-order valence-corrected chi connectivity index (χ0v) is 13.6. The lowest BCUT2D eigenvalue weighted by atomic mass is 9.73. The minimum absolute atomic E-state index is 0.459. The Labute approximate surface area is 127 Å². The van der Waals surface area contributed by atoms with Gasteiger partial charge < -0.3 is 10.6 Å². The van der Waals surface area contributed by atoms with E-state index in [0.29, 0.717) is 11.8 Å². The van der Waals surface area contributed by atoms with Crippen molar-refractivity contribution in [3.63, 3.8) is 0 Å². The average Bonchev–Trinajstić information content (AvgIpc) is 2.77. The van der Waals surface area contributed by atoms with Gasteiger partial charge in [-0.2, -0.15) is 5.10 Å². The maximum absolute atomic E-state index is 6.43. The van der Waals surface area contributed by atoms with Crippen LogP contribution in [0.5, 0.6) is 0 Å². The van der Waals surface area contributed by atoms with Crippen molar-refractivity contribution in [2.45, 2.75) is 38.6 Å². The summed E-state index contributed by atoms with van der Waals surface area (Å²) in [6.45, 7) is 4.93. The zero-order chi connectivity index (χ0) is 14.7. The van der Waals surface area contributed by atoms with E-state index in [1.807, 2.05) is 0 Å². The normalized spacial score (nSPS) is 27.2. The Morgan fingerprint density at radius 3 is 2.85 bits per heavy atom. The summed E-state index contributed by atoms with van der Waals surface area (Å²) in [5.41, 5.74) is 7.19. The van der Waals surface area contributed by atoms with Crippen molar-refractivity contribution in [3.8, 4) is 0 Å². The van der Waals surface area contributed by atoms with E-state index in [9.17, 15) is 0 Å². The second-order valence-corrected chi connectivity index (χ2v) is 6.83. The first-order valence-electron chi connectivity index (χ1n) is 7.59. The van der Waals surface area contributed by atoms with Crippen LogP contribution in [-0.4, -0.2) is 41.9 Å². The van der Waals surface area contributed by atoms with E-state index < -0.39 is 0 Å². The fraction of sp³-hybridized carbons (Fsp3) is 0.800. The van der Waals surface area contributed by atoms with E-state index in [-0.39, 0.29) is 0 Å². The van der Waals surface area contributed by atoms with E-state index in [2.05, 4.69) is 35.7 Å². The number of aromatic nitrogens is 2. The van der Waals surface area contributed by atoms with Gasteiger partial charge in [0, 0.05) is 12.5 Å². The highest BCUT2D eigenvalue weighted by molar-refractivity contribution is 6.31. The number of halogens is 1. The minimum atomic E-state index is 0.459. The molecule has 20 heavy (non-hydrogen) atoms. The van der Waals surface area contributed by atoms with Gasteiger partial charge >= 0.3 is 0 Å². The highest BCUT2D eigenvalue weighted by Gasteiger charge is 2.32. The van der Waals surface area contributed by atoms with Crippen LogP contribution in [0.25, 0.3) is 0 Å². The van der Waals surface area contributed by atoms with E-state index in [1.165, 1.54) is 25.0 Å². The summed E-state index contributed by atoms with van der Waals surface area (Å²) in [5, 5.41) is 5.28. The molecule has 3 atom stereocenters. The molecule has 0 saturated heterocycles. The van der Waals surface area contributed by atoms with E-state index in [0.717, 1.165) is 30.6 Å². The number of hydrogen-bond acceptors (Lipinski definition) is 3. The van der Waals surface area contributed by atoms with Gasteiger partial charge in [0.2, 0.25) is 0 Å². The van der Waals surface area contributed by atoms with Crippen LogP contribution in [0, 0.1) is 11.8 Å². The summed E-state index contributed by atoms with van der Waals surface area (Å²) in [5.74, 6) is 1.75. The summed E-state index contributed by atoms with van der Waals surface area (Å²) in [6, 6.07) is 0. The van der Waals surface area contributed by atoms with Crippen LogP contribution in [0.1, 0.15) is 37.8 Å². The van der Waals surface area contributed by atoms with Gasteiger partial charge in [-0.15, -0.1) is 0 Å². The van der Waals surface area contributed by atoms with E-state index in [1.54, 1.807) is 6.20 Å². The SMILES string of the molecule is CC1CCC(CN)C(c2c(Cl)cnn2CCN(C)C)C1. The van der Waals surface area contributed by atoms with Crippen molar-refractivity contribution in [2.24, 2.45) is 17.6 Å². The molecule has 1 fully saturated rings.